The quantitative estimate of drug-likeness (QED) is 0.219. The van der Waals surface area contributed by atoms with Crippen LogP contribution in [-0.2, 0) is 0 Å². The SMILES string of the molecule is Nc1nc(Cl)c(C#Cc2cccnc2Cl)c(NC2(O)CCC(CO)C2O)n1. The van der Waals surface area contributed by atoms with Crippen molar-refractivity contribution in [2.24, 2.45) is 5.92 Å². The van der Waals surface area contributed by atoms with E-state index < -0.39 is 17.7 Å². The van der Waals surface area contributed by atoms with Crippen molar-refractivity contribution in [3.63, 3.8) is 0 Å². The summed E-state index contributed by atoms with van der Waals surface area (Å²) in [5.74, 6) is 5.12. The Bertz CT molecular complexity index is 917. The number of nitrogen functional groups attached to an aromatic ring is 1. The highest BCUT2D eigenvalue weighted by atomic mass is 35.5. The van der Waals surface area contributed by atoms with E-state index in [1.54, 1.807) is 12.1 Å². The summed E-state index contributed by atoms with van der Waals surface area (Å²) >= 11 is 12.2. The third kappa shape index (κ3) is 4.08. The monoisotopic (exact) mass is 409 g/mol. The molecular weight excluding hydrogens is 393 g/mol. The predicted octanol–water partition coefficient (Wildman–Crippen LogP) is 1.02. The summed E-state index contributed by atoms with van der Waals surface area (Å²) in [6, 6.07) is 3.37. The molecule has 3 unspecified atom stereocenters. The van der Waals surface area contributed by atoms with Crippen LogP contribution in [0.25, 0.3) is 0 Å². The zero-order chi connectivity index (χ0) is 19.6. The number of aliphatic hydroxyl groups is 3. The summed E-state index contributed by atoms with van der Waals surface area (Å²) in [5, 5.41) is 33.3. The average molecular weight is 410 g/mol. The number of rotatable bonds is 3. The number of hydrogen-bond acceptors (Lipinski definition) is 8. The van der Waals surface area contributed by atoms with Gasteiger partial charge in [0, 0.05) is 18.7 Å². The van der Waals surface area contributed by atoms with Gasteiger partial charge in [-0.15, -0.1) is 0 Å². The van der Waals surface area contributed by atoms with Gasteiger partial charge in [0.15, 0.2) is 16.7 Å². The lowest BCUT2D eigenvalue weighted by atomic mass is 10.0. The minimum atomic E-state index is -1.71. The van der Waals surface area contributed by atoms with Gasteiger partial charge in [-0.2, -0.15) is 9.97 Å². The number of anilines is 2. The summed E-state index contributed by atoms with van der Waals surface area (Å²) < 4.78 is 0. The second-order valence-corrected chi connectivity index (χ2v) is 6.88. The molecule has 0 spiro atoms. The molecule has 0 amide bonds. The highest BCUT2D eigenvalue weighted by Gasteiger charge is 2.47. The highest BCUT2D eigenvalue weighted by molar-refractivity contribution is 6.31. The summed E-state index contributed by atoms with van der Waals surface area (Å²) in [6.07, 6.45) is 0.962. The number of nitrogens with one attached hydrogen (secondary N) is 1. The fraction of sp³-hybridized carbons (Fsp3) is 0.353. The van der Waals surface area contributed by atoms with Gasteiger partial charge >= 0.3 is 0 Å². The second-order valence-electron chi connectivity index (χ2n) is 6.16. The van der Waals surface area contributed by atoms with Crippen LogP contribution in [0, 0.1) is 17.8 Å². The lowest BCUT2D eigenvalue weighted by molar-refractivity contribution is -0.0545. The van der Waals surface area contributed by atoms with Gasteiger partial charge in [0.25, 0.3) is 0 Å². The zero-order valence-electron chi connectivity index (χ0n) is 14.0. The Hall–Kier alpha value is -2.15. The second kappa shape index (κ2) is 7.84. The molecule has 3 atom stereocenters. The standard InChI is InChI=1S/C17H17Cl2N5O3/c18-13-9(2-1-7-21-13)3-4-11-14(19)22-16(20)23-15(11)24-17(27)6-5-10(8-25)12(17)26/h1-2,7,10,12,25-27H,5-6,8H2,(H3,20,22,23,24). The fourth-order valence-electron chi connectivity index (χ4n) is 2.89. The van der Waals surface area contributed by atoms with Gasteiger partial charge in [-0.05, 0) is 25.0 Å². The summed E-state index contributed by atoms with van der Waals surface area (Å²) in [5.41, 5.74) is 4.60. The van der Waals surface area contributed by atoms with Crippen molar-refractivity contribution < 1.29 is 15.3 Å². The number of halogens is 2. The van der Waals surface area contributed by atoms with Crippen molar-refractivity contribution in [1.82, 2.24) is 15.0 Å². The molecule has 1 fully saturated rings. The van der Waals surface area contributed by atoms with E-state index in [1.165, 1.54) is 6.20 Å². The normalized spacial score (nSPS) is 24.3. The van der Waals surface area contributed by atoms with E-state index >= 15 is 0 Å². The molecular formula is C17H17Cl2N5O3. The minimum absolute atomic E-state index is 0.0210. The molecule has 1 aliphatic rings. The van der Waals surface area contributed by atoms with Crippen LogP contribution in [0.3, 0.4) is 0 Å². The van der Waals surface area contributed by atoms with Crippen molar-refractivity contribution in [2.45, 2.75) is 24.7 Å². The molecule has 2 aromatic heterocycles. The van der Waals surface area contributed by atoms with Crippen LogP contribution in [0.2, 0.25) is 10.3 Å². The first kappa shape index (κ1) is 19.6. The summed E-state index contributed by atoms with van der Waals surface area (Å²) in [7, 11) is 0. The Morgan fingerprint density at radius 1 is 1.30 bits per heavy atom. The zero-order valence-corrected chi connectivity index (χ0v) is 15.5. The van der Waals surface area contributed by atoms with Gasteiger partial charge in [0.2, 0.25) is 5.95 Å². The average Bonchev–Trinajstić information content (AvgIpc) is 2.90. The molecule has 6 N–H and O–H groups in total. The van der Waals surface area contributed by atoms with Crippen LogP contribution >= 0.6 is 23.2 Å². The fourth-order valence-corrected chi connectivity index (χ4v) is 3.28. The largest absolute Gasteiger partial charge is 0.396 e. The van der Waals surface area contributed by atoms with Crippen LogP contribution in [0.1, 0.15) is 24.0 Å². The Labute approximate surface area is 165 Å². The van der Waals surface area contributed by atoms with Crippen molar-refractivity contribution in [3.8, 4) is 11.8 Å². The van der Waals surface area contributed by atoms with Gasteiger partial charge in [-0.1, -0.05) is 35.0 Å². The molecule has 1 saturated carbocycles. The number of hydrogen-bond donors (Lipinski definition) is 5. The Kier molecular flexibility index (Phi) is 5.69. The molecule has 10 heteroatoms. The van der Waals surface area contributed by atoms with Gasteiger partial charge in [0.1, 0.15) is 16.8 Å². The number of nitrogens with zero attached hydrogens (tertiary/aromatic N) is 3. The molecule has 0 saturated heterocycles. The van der Waals surface area contributed by atoms with Crippen LogP contribution < -0.4 is 11.1 Å². The van der Waals surface area contributed by atoms with E-state index in [-0.39, 0.29) is 40.7 Å². The summed E-state index contributed by atoms with van der Waals surface area (Å²) in [4.78, 5) is 11.9. The number of aromatic nitrogens is 3. The molecule has 27 heavy (non-hydrogen) atoms. The van der Waals surface area contributed by atoms with E-state index in [1.807, 2.05) is 0 Å². The van der Waals surface area contributed by atoms with Crippen molar-refractivity contribution >= 4 is 35.0 Å². The molecule has 0 aromatic carbocycles. The first-order chi connectivity index (χ1) is 12.8. The van der Waals surface area contributed by atoms with E-state index in [4.69, 9.17) is 28.9 Å². The van der Waals surface area contributed by atoms with Crippen molar-refractivity contribution in [2.75, 3.05) is 17.7 Å². The maximum Gasteiger partial charge on any atom is 0.223 e. The van der Waals surface area contributed by atoms with E-state index in [2.05, 4.69) is 32.1 Å². The number of pyridine rings is 1. The lowest BCUT2D eigenvalue weighted by Gasteiger charge is -2.30. The maximum absolute atomic E-state index is 10.8. The van der Waals surface area contributed by atoms with Crippen molar-refractivity contribution in [1.29, 1.82) is 0 Å². The van der Waals surface area contributed by atoms with Crippen LogP contribution in [0.5, 0.6) is 0 Å². The molecule has 1 aliphatic carbocycles. The Morgan fingerprint density at radius 3 is 2.74 bits per heavy atom. The van der Waals surface area contributed by atoms with E-state index in [0.717, 1.165) is 0 Å². The smallest absolute Gasteiger partial charge is 0.223 e. The van der Waals surface area contributed by atoms with Gasteiger partial charge in [-0.25, -0.2) is 4.98 Å². The van der Waals surface area contributed by atoms with Gasteiger partial charge in [0.05, 0.1) is 5.56 Å². The van der Waals surface area contributed by atoms with E-state index in [0.29, 0.717) is 12.0 Å². The Balaban J connectivity index is 1.99. The molecule has 0 bridgehead atoms. The molecule has 3 rings (SSSR count). The third-order valence-corrected chi connectivity index (χ3v) is 4.94. The number of nitrogens with two attached hydrogens (primary N) is 1. The summed E-state index contributed by atoms with van der Waals surface area (Å²) in [6.45, 7) is -0.246. The molecule has 0 radical (unpaired) electrons. The molecule has 0 aliphatic heterocycles. The molecule has 2 heterocycles. The number of aliphatic hydroxyl groups excluding tert-OH is 2. The molecule has 142 valence electrons. The van der Waals surface area contributed by atoms with Crippen molar-refractivity contribution in [3.05, 3.63) is 39.8 Å². The molecule has 2 aromatic rings. The van der Waals surface area contributed by atoms with Crippen LogP contribution in [-0.4, -0.2) is 48.7 Å². The molecule has 8 nitrogen and oxygen atoms in total. The lowest BCUT2D eigenvalue weighted by Crippen LogP contribution is -2.48. The van der Waals surface area contributed by atoms with Gasteiger partial charge < -0.3 is 26.4 Å². The first-order valence-corrected chi connectivity index (χ1v) is 8.84. The van der Waals surface area contributed by atoms with E-state index in [9.17, 15) is 15.3 Å². The topological polar surface area (TPSA) is 137 Å². The first-order valence-electron chi connectivity index (χ1n) is 8.09. The van der Waals surface area contributed by atoms with Crippen LogP contribution in [0.4, 0.5) is 11.8 Å². The van der Waals surface area contributed by atoms with Gasteiger partial charge in [-0.3, -0.25) is 0 Å². The maximum atomic E-state index is 10.8. The predicted molar refractivity (Wildman–Crippen MR) is 101 cm³/mol. The Morgan fingerprint density at radius 2 is 2.07 bits per heavy atom. The minimum Gasteiger partial charge on any atom is -0.396 e. The third-order valence-electron chi connectivity index (χ3n) is 4.36. The van der Waals surface area contributed by atoms with Crippen LogP contribution in [0.15, 0.2) is 18.3 Å². The highest BCUT2D eigenvalue weighted by Crippen LogP contribution is 2.36.